The van der Waals surface area contributed by atoms with Crippen LogP contribution in [-0.2, 0) is 6.42 Å². The van der Waals surface area contributed by atoms with Gasteiger partial charge < -0.3 is 5.11 Å². The second kappa shape index (κ2) is 4.41. The van der Waals surface area contributed by atoms with E-state index in [0.29, 0.717) is 6.61 Å². The lowest BCUT2D eigenvalue weighted by molar-refractivity contribution is 0.284. The predicted octanol–water partition coefficient (Wildman–Crippen LogP) is 1.46. The molecule has 3 heteroatoms. The molecule has 1 aromatic heterocycles. The second-order valence-electron chi connectivity index (χ2n) is 2.11. The summed E-state index contributed by atoms with van der Waals surface area (Å²) in [5, 5.41) is 11.6. The second-order valence-corrected chi connectivity index (χ2v) is 3.09. The van der Waals surface area contributed by atoms with Crippen molar-refractivity contribution in [1.29, 1.82) is 0 Å². The van der Waals surface area contributed by atoms with Crippen LogP contribution in [0.5, 0.6) is 0 Å². The molecule has 0 atom stereocenters. The lowest BCUT2D eigenvalue weighted by Gasteiger charge is -1.92. The maximum atomic E-state index is 8.48. The largest absolute Gasteiger partial charge is 0.396 e. The molecule has 0 saturated carbocycles. The van der Waals surface area contributed by atoms with E-state index in [1.165, 1.54) is 5.01 Å². The molecule has 0 aliphatic carbocycles. The highest BCUT2D eigenvalue weighted by Gasteiger charge is 1.93. The normalized spacial score (nSPS) is 10.1. The van der Waals surface area contributed by atoms with Gasteiger partial charge in [0.15, 0.2) is 0 Å². The van der Waals surface area contributed by atoms with E-state index in [0.717, 1.165) is 19.3 Å². The summed E-state index contributed by atoms with van der Waals surface area (Å²) in [6.07, 6.45) is 4.76. The molecule has 0 aliphatic heterocycles. The van der Waals surface area contributed by atoms with E-state index in [1.54, 1.807) is 11.3 Å². The summed E-state index contributed by atoms with van der Waals surface area (Å²) >= 11 is 1.68. The Morgan fingerprint density at radius 2 is 2.40 bits per heavy atom. The number of rotatable bonds is 4. The van der Waals surface area contributed by atoms with Crippen molar-refractivity contribution in [1.82, 2.24) is 4.98 Å². The average Bonchev–Trinajstić information content (AvgIpc) is 2.41. The van der Waals surface area contributed by atoms with Gasteiger partial charge in [0.1, 0.15) is 0 Å². The van der Waals surface area contributed by atoms with Crippen LogP contribution in [-0.4, -0.2) is 16.7 Å². The summed E-state index contributed by atoms with van der Waals surface area (Å²) in [6.45, 7) is 0.297. The molecule has 0 bridgehead atoms. The van der Waals surface area contributed by atoms with E-state index >= 15 is 0 Å². The lowest BCUT2D eigenvalue weighted by Crippen LogP contribution is -1.86. The van der Waals surface area contributed by atoms with Gasteiger partial charge in [-0.3, -0.25) is 0 Å². The minimum atomic E-state index is 0.297. The van der Waals surface area contributed by atoms with Gasteiger partial charge in [0.2, 0.25) is 0 Å². The number of hydrogen-bond donors (Lipinski definition) is 1. The Hall–Kier alpha value is -0.410. The number of aliphatic hydroxyl groups is 1. The maximum Gasteiger partial charge on any atom is 0.0924 e. The summed E-state index contributed by atoms with van der Waals surface area (Å²) in [5.41, 5.74) is 0. The highest BCUT2D eigenvalue weighted by Crippen LogP contribution is 2.07. The summed E-state index contributed by atoms with van der Waals surface area (Å²) in [7, 11) is 0. The topological polar surface area (TPSA) is 33.1 Å². The van der Waals surface area contributed by atoms with Crippen LogP contribution in [0.1, 0.15) is 17.8 Å². The van der Waals surface area contributed by atoms with Gasteiger partial charge >= 0.3 is 0 Å². The molecule has 0 amide bonds. The molecular weight excluding hydrogens is 146 g/mol. The Labute approximate surface area is 64.5 Å². The number of aliphatic hydroxyl groups excluding tert-OH is 1. The Kier molecular flexibility index (Phi) is 3.40. The number of thiazole rings is 1. The molecule has 1 N–H and O–H groups in total. The van der Waals surface area contributed by atoms with Gasteiger partial charge in [0, 0.05) is 18.2 Å². The van der Waals surface area contributed by atoms with Crippen LogP contribution in [0, 0.1) is 0 Å². The molecule has 0 spiro atoms. The van der Waals surface area contributed by atoms with Crippen LogP contribution in [0.25, 0.3) is 0 Å². The summed E-state index contributed by atoms with van der Waals surface area (Å²) in [5.74, 6) is 0. The fourth-order valence-corrected chi connectivity index (χ4v) is 1.43. The quantitative estimate of drug-likeness (QED) is 0.671. The van der Waals surface area contributed by atoms with Crippen molar-refractivity contribution in [2.24, 2.45) is 0 Å². The van der Waals surface area contributed by atoms with E-state index in [-0.39, 0.29) is 0 Å². The highest BCUT2D eigenvalue weighted by atomic mass is 32.1. The number of nitrogens with zero attached hydrogens (tertiary/aromatic N) is 1. The Bertz CT molecular complexity index is 162. The molecule has 1 rings (SSSR count). The molecule has 0 saturated heterocycles. The number of aryl methyl sites for hydroxylation is 1. The Morgan fingerprint density at radius 1 is 1.50 bits per heavy atom. The van der Waals surface area contributed by atoms with Crippen molar-refractivity contribution in [3.05, 3.63) is 16.6 Å². The first-order chi connectivity index (χ1) is 4.93. The van der Waals surface area contributed by atoms with Crippen molar-refractivity contribution in [2.75, 3.05) is 6.61 Å². The third kappa shape index (κ3) is 2.45. The van der Waals surface area contributed by atoms with E-state index < -0.39 is 0 Å². The Morgan fingerprint density at radius 3 is 3.00 bits per heavy atom. The van der Waals surface area contributed by atoms with Crippen LogP contribution in [0.3, 0.4) is 0 Å². The van der Waals surface area contributed by atoms with Gasteiger partial charge in [-0.05, 0) is 19.3 Å². The van der Waals surface area contributed by atoms with Gasteiger partial charge in [-0.1, -0.05) is 0 Å². The van der Waals surface area contributed by atoms with Crippen molar-refractivity contribution >= 4 is 11.3 Å². The van der Waals surface area contributed by atoms with Gasteiger partial charge in [-0.25, -0.2) is 4.98 Å². The molecule has 0 aliphatic rings. The van der Waals surface area contributed by atoms with Crippen molar-refractivity contribution in [3.63, 3.8) is 0 Å². The SMILES string of the molecule is OCCCCc1nccs1. The first-order valence-corrected chi connectivity index (χ1v) is 4.30. The standard InChI is InChI=1S/C7H11NOS/c9-5-2-1-3-7-8-4-6-10-7/h4,6,9H,1-3,5H2. The van der Waals surface area contributed by atoms with Gasteiger partial charge in [0.05, 0.1) is 5.01 Å². The van der Waals surface area contributed by atoms with E-state index in [9.17, 15) is 0 Å². The molecule has 0 unspecified atom stereocenters. The average molecular weight is 157 g/mol. The van der Waals surface area contributed by atoms with Crippen LogP contribution in [0.15, 0.2) is 11.6 Å². The van der Waals surface area contributed by atoms with Crippen LogP contribution < -0.4 is 0 Å². The minimum absolute atomic E-state index is 0.297. The van der Waals surface area contributed by atoms with Gasteiger partial charge in [0.25, 0.3) is 0 Å². The summed E-state index contributed by atoms with van der Waals surface area (Å²) < 4.78 is 0. The lowest BCUT2D eigenvalue weighted by atomic mass is 10.2. The molecular formula is C7H11NOS. The predicted molar refractivity (Wildman–Crippen MR) is 42.1 cm³/mol. The van der Waals surface area contributed by atoms with Crippen molar-refractivity contribution < 1.29 is 5.11 Å². The van der Waals surface area contributed by atoms with Crippen LogP contribution in [0.2, 0.25) is 0 Å². The first kappa shape index (κ1) is 7.69. The van der Waals surface area contributed by atoms with Crippen molar-refractivity contribution in [3.8, 4) is 0 Å². The molecule has 56 valence electrons. The fraction of sp³-hybridized carbons (Fsp3) is 0.571. The smallest absolute Gasteiger partial charge is 0.0924 e. The summed E-state index contributed by atoms with van der Waals surface area (Å²) in [4.78, 5) is 4.12. The molecule has 1 heterocycles. The van der Waals surface area contributed by atoms with E-state index in [2.05, 4.69) is 4.98 Å². The zero-order valence-electron chi connectivity index (χ0n) is 5.79. The zero-order chi connectivity index (χ0) is 7.23. The molecule has 1 aromatic rings. The molecule has 0 radical (unpaired) electrons. The Balaban J connectivity index is 2.15. The first-order valence-electron chi connectivity index (χ1n) is 3.42. The van der Waals surface area contributed by atoms with Crippen LogP contribution in [0.4, 0.5) is 0 Å². The van der Waals surface area contributed by atoms with Crippen molar-refractivity contribution in [2.45, 2.75) is 19.3 Å². The van der Waals surface area contributed by atoms with Crippen LogP contribution >= 0.6 is 11.3 Å². The zero-order valence-corrected chi connectivity index (χ0v) is 6.60. The third-order valence-electron chi connectivity index (χ3n) is 1.28. The molecule has 2 nitrogen and oxygen atoms in total. The van der Waals surface area contributed by atoms with Gasteiger partial charge in [-0.15, -0.1) is 11.3 Å². The number of aromatic nitrogens is 1. The van der Waals surface area contributed by atoms with E-state index in [1.807, 2.05) is 11.6 Å². The molecule has 10 heavy (non-hydrogen) atoms. The van der Waals surface area contributed by atoms with E-state index in [4.69, 9.17) is 5.11 Å². The summed E-state index contributed by atoms with van der Waals surface area (Å²) in [6, 6.07) is 0. The molecule has 0 aromatic carbocycles. The molecule has 0 fully saturated rings. The maximum absolute atomic E-state index is 8.48. The highest BCUT2D eigenvalue weighted by molar-refractivity contribution is 7.09. The number of unbranched alkanes of at least 4 members (excludes halogenated alkanes) is 1. The monoisotopic (exact) mass is 157 g/mol. The van der Waals surface area contributed by atoms with Gasteiger partial charge in [-0.2, -0.15) is 0 Å². The third-order valence-corrected chi connectivity index (χ3v) is 2.12. The fourth-order valence-electron chi connectivity index (χ4n) is 0.764. The minimum Gasteiger partial charge on any atom is -0.396 e. The number of hydrogen-bond acceptors (Lipinski definition) is 3.